The fraction of sp³-hybridized carbons (Fsp3) is 0.455. The minimum atomic E-state index is -0.441. The maximum Gasteiger partial charge on any atom is 0.132 e. The first kappa shape index (κ1) is 10.8. The molecule has 72 valence electrons. The van der Waals surface area contributed by atoms with Crippen molar-refractivity contribution >= 4 is 19.9 Å². The van der Waals surface area contributed by atoms with E-state index in [1.54, 1.807) is 0 Å². The van der Waals surface area contributed by atoms with Crippen LogP contribution in [0.15, 0.2) is 30.3 Å². The van der Waals surface area contributed by atoms with Crippen molar-refractivity contribution in [3.8, 4) is 0 Å². The average molecular weight is 213 g/mol. The van der Waals surface area contributed by atoms with Crippen LogP contribution in [0, 0.1) is 5.92 Å². The Balaban J connectivity index is 2.67. The molecule has 1 rings (SSSR count). The first-order valence-electron chi connectivity index (χ1n) is 4.85. The predicted octanol–water partition coefficient (Wildman–Crippen LogP) is 3.10. The molecule has 1 aromatic carbocycles. The van der Waals surface area contributed by atoms with Crippen molar-refractivity contribution in [1.82, 2.24) is 0 Å². The zero-order valence-corrected chi connectivity index (χ0v) is 10.5. The molecule has 0 saturated heterocycles. The highest BCUT2D eigenvalue weighted by atomic mass is 35.6. The summed E-state index contributed by atoms with van der Waals surface area (Å²) < 4.78 is 0. The highest BCUT2D eigenvalue weighted by molar-refractivity contribution is 6.94. The van der Waals surface area contributed by atoms with Crippen LogP contribution in [0.1, 0.15) is 31.4 Å². The Morgan fingerprint density at radius 1 is 1.23 bits per heavy atom. The van der Waals surface area contributed by atoms with Crippen LogP contribution in [0.3, 0.4) is 0 Å². The Morgan fingerprint density at radius 3 is 2.31 bits per heavy atom. The summed E-state index contributed by atoms with van der Waals surface area (Å²) in [6, 6.07) is 10.7. The number of rotatable bonds is 4. The molecular weight excluding hydrogens is 196 g/mol. The molecule has 0 amide bonds. The van der Waals surface area contributed by atoms with Gasteiger partial charge in [0.25, 0.3) is 0 Å². The molecule has 2 heteroatoms. The molecule has 0 aliphatic heterocycles. The van der Waals surface area contributed by atoms with E-state index < -0.39 is 8.83 Å². The van der Waals surface area contributed by atoms with Crippen molar-refractivity contribution in [2.45, 2.75) is 25.8 Å². The minimum absolute atomic E-state index is 0.441. The van der Waals surface area contributed by atoms with Gasteiger partial charge in [-0.3, -0.25) is 0 Å². The van der Waals surface area contributed by atoms with Crippen molar-refractivity contribution in [1.29, 1.82) is 0 Å². The van der Waals surface area contributed by atoms with E-state index in [1.807, 2.05) is 0 Å². The topological polar surface area (TPSA) is 0 Å². The van der Waals surface area contributed by atoms with Crippen LogP contribution in [0.4, 0.5) is 0 Å². The van der Waals surface area contributed by atoms with Gasteiger partial charge in [-0.1, -0.05) is 44.2 Å². The highest BCUT2D eigenvalue weighted by Crippen LogP contribution is 2.23. The van der Waals surface area contributed by atoms with E-state index in [9.17, 15) is 0 Å². The van der Waals surface area contributed by atoms with Gasteiger partial charge >= 0.3 is 0 Å². The lowest BCUT2D eigenvalue weighted by atomic mass is 10.0. The van der Waals surface area contributed by atoms with Crippen LogP contribution < -0.4 is 0 Å². The van der Waals surface area contributed by atoms with Crippen molar-refractivity contribution in [2.75, 3.05) is 0 Å². The van der Waals surface area contributed by atoms with E-state index in [2.05, 4.69) is 44.2 Å². The van der Waals surface area contributed by atoms with Gasteiger partial charge in [-0.2, -0.15) is 11.1 Å². The minimum Gasteiger partial charge on any atom is -0.176 e. The maximum absolute atomic E-state index is 6.09. The molecule has 0 bridgehead atoms. The third-order valence-corrected chi connectivity index (χ3v) is 4.51. The second-order valence-corrected chi connectivity index (χ2v) is 6.11. The average Bonchev–Trinajstić information content (AvgIpc) is 2.15. The Kier molecular flexibility index (Phi) is 4.53. The molecule has 1 atom stereocenters. The number of hydrogen-bond donors (Lipinski definition) is 0. The molecule has 0 aliphatic carbocycles. The molecule has 1 aromatic rings. The molecule has 0 fully saturated rings. The van der Waals surface area contributed by atoms with Gasteiger partial charge in [0.2, 0.25) is 0 Å². The third kappa shape index (κ3) is 3.53. The Bertz CT molecular complexity index is 233. The molecule has 0 radical (unpaired) electrons. The van der Waals surface area contributed by atoms with Crippen molar-refractivity contribution in [2.24, 2.45) is 5.92 Å². The van der Waals surface area contributed by atoms with E-state index in [1.165, 1.54) is 12.0 Å². The van der Waals surface area contributed by atoms with Crippen LogP contribution >= 0.6 is 11.1 Å². The van der Waals surface area contributed by atoms with Crippen LogP contribution in [-0.4, -0.2) is 8.83 Å². The van der Waals surface area contributed by atoms with Gasteiger partial charge in [-0.25, -0.2) is 0 Å². The quantitative estimate of drug-likeness (QED) is 0.532. The molecule has 13 heavy (non-hydrogen) atoms. The molecule has 0 aromatic heterocycles. The number of hydrogen-bond acceptors (Lipinski definition) is 0. The van der Waals surface area contributed by atoms with E-state index in [4.69, 9.17) is 11.1 Å². The monoisotopic (exact) mass is 212 g/mol. The molecule has 0 spiro atoms. The van der Waals surface area contributed by atoms with Crippen LogP contribution in [0.2, 0.25) is 0 Å². The lowest BCUT2D eigenvalue weighted by Gasteiger charge is -2.15. The van der Waals surface area contributed by atoms with Gasteiger partial charge in [0, 0.05) is 0 Å². The lowest BCUT2D eigenvalue weighted by Crippen LogP contribution is -2.06. The summed E-state index contributed by atoms with van der Waals surface area (Å²) in [6.45, 7) is 4.52. The van der Waals surface area contributed by atoms with E-state index >= 15 is 0 Å². The van der Waals surface area contributed by atoms with Crippen LogP contribution in [0.5, 0.6) is 0 Å². The zero-order valence-electron chi connectivity index (χ0n) is 8.33. The summed E-state index contributed by atoms with van der Waals surface area (Å²) in [5.41, 5.74) is 2.08. The second kappa shape index (κ2) is 5.46. The Hall–Kier alpha value is -0.273. The van der Waals surface area contributed by atoms with Crippen molar-refractivity contribution in [3.63, 3.8) is 0 Å². The zero-order chi connectivity index (χ0) is 9.68. The molecule has 0 nitrogen and oxygen atoms in total. The van der Waals surface area contributed by atoms with Gasteiger partial charge in [0.1, 0.15) is 8.83 Å². The number of benzene rings is 1. The third-order valence-electron chi connectivity index (χ3n) is 2.21. The first-order valence-corrected chi connectivity index (χ1v) is 7.80. The highest BCUT2D eigenvalue weighted by Gasteiger charge is 2.11. The molecule has 0 heterocycles. The maximum atomic E-state index is 6.09. The van der Waals surface area contributed by atoms with Gasteiger partial charge in [0.15, 0.2) is 0 Å². The summed E-state index contributed by atoms with van der Waals surface area (Å²) in [5, 5.41) is 0. The summed E-state index contributed by atoms with van der Waals surface area (Å²) in [7, 11) is -0.441. The van der Waals surface area contributed by atoms with E-state index in [0.29, 0.717) is 5.54 Å². The Labute approximate surface area is 87.8 Å². The number of halogens is 1. The Morgan fingerprint density at radius 2 is 1.85 bits per heavy atom. The van der Waals surface area contributed by atoms with Gasteiger partial charge < -0.3 is 0 Å². The fourth-order valence-electron chi connectivity index (χ4n) is 1.58. The van der Waals surface area contributed by atoms with Crippen LogP contribution in [0.25, 0.3) is 0 Å². The molecular formula is C11H17ClSi. The molecule has 0 aliphatic rings. The summed E-state index contributed by atoms with van der Waals surface area (Å²) >= 11 is 6.09. The first-order chi connectivity index (χ1) is 6.24. The largest absolute Gasteiger partial charge is 0.176 e. The van der Waals surface area contributed by atoms with Gasteiger partial charge in [-0.15, -0.1) is 0 Å². The van der Waals surface area contributed by atoms with Gasteiger partial charge in [-0.05, 0) is 23.4 Å². The summed E-state index contributed by atoms with van der Waals surface area (Å²) in [4.78, 5) is 0. The molecule has 1 unspecified atom stereocenters. The predicted molar refractivity (Wildman–Crippen MR) is 63.0 cm³/mol. The fourth-order valence-corrected chi connectivity index (χ4v) is 3.74. The van der Waals surface area contributed by atoms with Crippen molar-refractivity contribution in [3.05, 3.63) is 35.9 Å². The SMILES string of the molecule is CC(C)CC([SiH2]Cl)c1ccccc1. The molecule has 0 saturated carbocycles. The smallest absolute Gasteiger partial charge is 0.132 e. The van der Waals surface area contributed by atoms with Crippen LogP contribution in [-0.2, 0) is 0 Å². The van der Waals surface area contributed by atoms with Crippen molar-refractivity contribution < 1.29 is 0 Å². The lowest BCUT2D eigenvalue weighted by molar-refractivity contribution is 0.573. The standard InChI is InChI=1S/C11H17ClSi/c1-9(2)8-11(13-12)10-6-4-3-5-7-10/h3-7,9,11H,8,13H2,1-2H3. The summed E-state index contributed by atoms with van der Waals surface area (Å²) in [6.07, 6.45) is 1.24. The van der Waals surface area contributed by atoms with E-state index in [-0.39, 0.29) is 0 Å². The van der Waals surface area contributed by atoms with E-state index in [0.717, 1.165) is 5.92 Å². The second-order valence-electron chi connectivity index (χ2n) is 3.89. The summed E-state index contributed by atoms with van der Waals surface area (Å²) in [5.74, 6) is 0.747. The van der Waals surface area contributed by atoms with Gasteiger partial charge in [0.05, 0.1) is 0 Å². The molecule has 0 N–H and O–H groups in total. The normalized spacial score (nSPS) is 14.2.